The van der Waals surface area contributed by atoms with Gasteiger partial charge in [0.25, 0.3) is 6.43 Å². The van der Waals surface area contributed by atoms with E-state index in [1.165, 1.54) is 24.5 Å². The number of piperazine rings is 1. The molecule has 32 heavy (non-hydrogen) atoms. The number of alkyl halides is 2. The number of halogens is 3. The van der Waals surface area contributed by atoms with Crippen LogP contribution in [0.1, 0.15) is 18.4 Å². The minimum Gasteiger partial charge on any atom is -0.350 e. The highest BCUT2D eigenvalue weighted by molar-refractivity contribution is 5.89. The van der Waals surface area contributed by atoms with Crippen LogP contribution < -0.4 is 10.2 Å². The van der Waals surface area contributed by atoms with Crippen LogP contribution in [0.15, 0.2) is 49.3 Å². The predicted molar refractivity (Wildman–Crippen MR) is 113 cm³/mol. The molecule has 0 radical (unpaired) electrons. The van der Waals surface area contributed by atoms with Gasteiger partial charge in [-0.15, -0.1) is 0 Å². The normalized spacial score (nSPS) is 19.8. The number of carbonyl (C=O) groups excluding carboxylic acids is 1. The summed E-state index contributed by atoms with van der Waals surface area (Å²) in [4.78, 5) is 29.0. The van der Waals surface area contributed by atoms with Crippen LogP contribution in [0.3, 0.4) is 0 Å². The fourth-order valence-corrected chi connectivity index (χ4v) is 4.46. The number of hydrogen-bond acceptors (Lipinski definition) is 6. The van der Waals surface area contributed by atoms with Gasteiger partial charge in [-0.05, 0) is 30.7 Å². The Hall–Kier alpha value is -3.69. The Kier molecular flexibility index (Phi) is 4.91. The average molecular weight is 440 g/mol. The van der Waals surface area contributed by atoms with Gasteiger partial charge in [-0.3, -0.25) is 4.79 Å². The van der Waals surface area contributed by atoms with Crippen molar-refractivity contribution in [2.45, 2.75) is 24.9 Å². The maximum atomic E-state index is 14.5. The number of rotatable bonds is 5. The first-order chi connectivity index (χ1) is 15.5. The van der Waals surface area contributed by atoms with E-state index in [2.05, 4.69) is 26.8 Å². The van der Waals surface area contributed by atoms with Gasteiger partial charge in [0.05, 0.1) is 28.9 Å². The molecule has 2 aliphatic heterocycles. The van der Waals surface area contributed by atoms with Gasteiger partial charge >= 0.3 is 0 Å². The van der Waals surface area contributed by atoms with Gasteiger partial charge < -0.3 is 15.1 Å². The van der Waals surface area contributed by atoms with Gasteiger partial charge in [0.2, 0.25) is 5.91 Å². The van der Waals surface area contributed by atoms with E-state index in [1.54, 1.807) is 6.07 Å². The number of likely N-dealkylation sites (tertiary alicyclic amines) is 1. The van der Waals surface area contributed by atoms with Crippen molar-refractivity contribution in [2.75, 3.05) is 23.3 Å². The lowest BCUT2D eigenvalue weighted by molar-refractivity contribution is -0.127. The molecule has 2 bridgehead atoms. The summed E-state index contributed by atoms with van der Waals surface area (Å²) in [5, 5.41) is 2.79. The number of hydrogen-bond donors (Lipinski definition) is 1. The number of benzene rings is 1. The molecule has 2 aromatic heterocycles. The summed E-state index contributed by atoms with van der Waals surface area (Å²) in [7, 11) is 0. The van der Waals surface area contributed by atoms with Gasteiger partial charge in [0, 0.05) is 13.1 Å². The van der Waals surface area contributed by atoms with Crippen LogP contribution in [-0.4, -0.2) is 50.9 Å². The summed E-state index contributed by atoms with van der Waals surface area (Å²) < 4.78 is 40.6. The molecule has 2 fully saturated rings. The van der Waals surface area contributed by atoms with E-state index in [9.17, 15) is 18.0 Å². The van der Waals surface area contributed by atoms with E-state index in [4.69, 9.17) is 4.98 Å². The number of aromatic nitrogens is 3. The first kappa shape index (κ1) is 20.2. The van der Waals surface area contributed by atoms with Gasteiger partial charge in [-0.2, -0.15) is 0 Å². The van der Waals surface area contributed by atoms with Crippen molar-refractivity contribution >= 4 is 34.3 Å². The van der Waals surface area contributed by atoms with Crippen LogP contribution in [-0.2, 0) is 4.79 Å². The summed E-state index contributed by atoms with van der Waals surface area (Å²) >= 11 is 0. The third-order valence-electron chi connectivity index (χ3n) is 5.98. The van der Waals surface area contributed by atoms with E-state index in [0.717, 1.165) is 12.5 Å². The topological polar surface area (TPSA) is 74.2 Å². The van der Waals surface area contributed by atoms with Crippen molar-refractivity contribution in [2.24, 2.45) is 0 Å². The van der Waals surface area contributed by atoms with E-state index < -0.39 is 17.8 Å². The quantitative estimate of drug-likeness (QED) is 0.608. The van der Waals surface area contributed by atoms with Gasteiger partial charge in [-0.1, -0.05) is 18.7 Å². The summed E-state index contributed by atoms with van der Waals surface area (Å²) in [6.45, 7) is 4.80. The van der Waals surface area contributed by atoms with Gasteiger partial charge in [0.15, 0.2) is 11.6 Å². The summed E-state index contributed by atoms with van der Waals surface area (Å²) in [6.07, 6.45) is 0.553. The van der Waals surface area contributed by atoms with E-state index >= 15 is 0 Å². The van der Waals surface area contributed by atoms with Crippen molar-refractivity contribution in [3.05, 3.63) is 60.7 Å². The Morgan fingerprint density at radius 1 is 1.19 bits per heavy atom. The number of fused-ring (bicyclic) bond motifs is 3. The Balaban J connectivity index is 1.46. The highest BCUT2D eigenvalue weighted by Crippen LogP contribution is 2.35. The molecule has 1 N–H and O–H groups in total. The molecule has 3 aromatic rings. The SMILES string of the molecule is C=CC(=O)N1C[C@@H]2C[C@H]1CN2c1ccc2ncnc(Nc3cccc(C(F)F)c3F)c2n1. The number of anilines is 3. The van der Waals surface area contributed by atoms with Crippen molar-refractivity contribution in [3.63, 3.8) is 0 Å². The lowest BCUT2D eigenvalue weighted by Gasteiger charge is -2.34. The zero-order valence-corrected chi connectivity index (χ0v) is 16.9. The Morgan fingerprint density at radius 3 is 2.75 bits per heavy atom. The maximum Gasteiger partial charge on any atom is 0.266 e. The molecule has 0 saturated carbocycles. The molecule has 10 heteroatoms. The highest BCUT2D eigenvalue weighted by atomic mass is 19.3. The lowest BCUT2D eigenvalue weighted by atomic mass is 10.2. The molecular weight excluding hydrogens is 421 g/mol. The fourth-order valence-electron chi connectivity index (χ4n) is 4.46. The summed E-state index contributed by atoms with van der Waals surface area (Å²) in [6, 6.07) is 7.62. The molecule has 1 aromatic carbocycles. The molecule has 0 aliphatic carbocycles. The van der Waals surface area contributed by atoms with Crippen LogP contribution >= 0.6 is 0 Å². The largest absolute Gasteiger partial charge is 0.350 e. The van der Waals surface area contributed by atoms with E-state index in [-0.39, 0.29) is 29.5 Å². The first-order valence-electron chi connectivity index (χ1n) is 10.1. The monoisotopic (exact) mass is 440 g/mol. The summed E-state index contributed by atoms with van der Waals surface area (Å²) in [5.41, 5.74) is 0.126. The molecule has 2 saturated heterocycles. The molecule has 164 valence electrons. The second kappa shape index (κ2) is 7.77. The minimum absolute atomic E-state index is 0.0726. The first-order valence-corrected chi connectivity index (χ1v) is 10.1. The van der Waals surface area contributed by atoms with Gasteiger partial charge in [0.1, 0.15) is 17.7 Å². The molecule has 1 amide bonds. The molecule has 5 rings (SSSR count). The third kappa shape index (κ3) is 3.31. The standard InChI is InChI=1S/C22H19F3N6O/c1-2-18(32)31-10-12-8-13(31)9-30(12)17-7-6-16-20(29-17)22(27-11-26-16)28-15-5-3-4-14(19(15)23)21(24)25/h2-7,11-13,21H,1,8-10H2,(H,26,27,28)/t12-,13-/m0/s1. The smallest absolute Gasteiger partial charge is 0.266 e. The number of amides is 1. The molecule has 7 nitrogen and oxygen atoms in total. The fraction of sp³-hybridized carbons (Fsp3) is 0.273. The zero-order valence-electron chi connectivity index (χ0n) is 16.9. The highest BCUT2D eigenvalue weighted by Gasteiger charge is 2.45. The molecule has 0 spiro atoms. The van der Waals surface area contributed by atoms with Crippen molar-refractivity contribution < 1.29 is 18.0 Å². The lowest BCUT2D eigenvalue weighted by Crippen LogP contribution is -2.48. The van der Waals surface area contributed by atoms with Crippen molar-refractivity contribution in [1.82, 2.24) is 19.9 Å². The van der Waals surface area contributed by atoms with Crippen LogP contribution in [0.2, 0.25) is 0 Å². The number of nitrogens with zero attached hydrogens (tertiary/aromatic N) is 5. The minimum atomic E-state index is -2.93. The average Bonchev–Trinajstić information content (AvgIpc) is 3.41. The van der Waals surface area contributed by atoms with Crippen LogP contribution in [0.5, 0.6) is 0 Å². The number of nitrogens with one attached hydrogen (secondary N) is 1. The summed E-state index contributed by atoms with van der Waals surface area (Å²) in [5.74, 6) is -0.198. The van der Waals surface area contributed by atoms with E-state index in [0.29, 0.717) is 29.9 Å². The third-order valence-corrected chi connectivity index (χ3v) is 5.98. The van der Waals surface area contributed by atoms with Crippen molar-refractivity contribution in [1.29, 1.82) is 0 Å². The Morgan fingerprint density at radius 2 is 2.03 bits per heavy atom. The number of pyridine rings is 1. The molecule has 0 unspecified atom stereocenters. The second-order valence-corrected chi connectivity index (χ2v) is 7.78. The predicted octanol–water partition coefficient (Wildman–Crippen LogP) is 3.82. The van der Waals surface area contributed by atoms with Gasteiger partial charge in [-0.25, -0.2) is 28.1 Å². The zero-order chi connectivity index (χ0) is 22.4. The van der Waals surface area contributed by atoms with Crippen LogP contribution in [0.4, 0.5) is 30.5 Å². The van der Waals surface area contributed by atoms with Crippen LogP contribution in [0.25, 0.3) is 11.0 Å². The maximum absolute atomic E-state index is 14.5. The molecule has 2 aliphatic rings. The second-order valence-electron chi connectivity index (χ2n) is 7.78. The molecular formula is C22H19F3N6O. The molecule has 4 heterocycles. The van der Waals surface area contributed by atoms with Crippen LogP contribution in [0, 0.1) is 5.82 Å². The van der Waals surface area contributed by atoms with Crippen molar-refractivity contribution in [3.8, 4) is 0 Å². The Labute approximate surface area is 181 Å². The molecule has 2 atom stereocenters. The van der Waals surface area contributed by atoms with E-state index in [1.807, 2.05) is 11.0 Å². The Bertz CT molecular complexity index is 1220. The number of carbonyl (C=O) groups is 1.